The number of hydrogen-bond acceptors (Lipinski definition) is 3. The first-order valence-electron chi connectivity index (χ1n) is 9.46. The Morgan fingerprint density at radius 3 is 2.65 bits per heavy atom. The van der Waals surface area contributed by atoms with Gasteiger partial charge in [0.25, 0.3) is 0 Å². The van der Waals surface area contributed by atoms with Gasteiger partial charge in [-0.25, -0.2) is 4.68 Å². The Morgan fingerprint density at radius 1 is 1.08 bits per heavy atom. The van der Waals surface area contributed by atoms with E-state index < -0.39 is 0 Å². The minimum atomic E-state index is 0.252. The Morgan fingerprint density at radius 2 is 1.88 bits per heavy atom. The molecule has 1 atom stereocenters. The van der Waals surface area contributed by atoms with Crippen molar-refractivity contribution >= 4 is 0 Å². The molecule has 2 heterocycles. The fourth-order valence-electron chi connectivity index (χ4n) is 3.95. The molecule has 26 heavy (non-hydrogen) atoms. The van der Waals surface area contributed by atoms with Crippen LogP contribution in [0.2, 0.25) is 0 Å². The van der Waals surface area contributed by atoms with Gasteiger partial charge in [0.1, 0.15) is 0 Å². The maximum absolute atomic E-state index is 4.94. The number of aryl methyl sites for hydroxylation is 2. The summed E-state index contributed by atoms with van der Waals surface area (Å²) >= 11 is 0. The first-order valence-corrected chi connectivity index (χ1v) is 9.46. The first kappa shape index (κ1) is 17.0. The van der Waals surface area contributed by atoms with E-state index in [4.69, 9.17) is 5.10 Å². The molecule has 1 aliphatic carbocycles. The van der Waals surface area contributed by atoms with Crippen LogP contribution < -0.4 is 5.32 Å². The maximum atomic E-state index is 4.94. The summed E-state index contributed by atoms with van der Waals surface area (Å²) in [5, 5.41) is 8.60. The molecule has 0 amide bonds. The molecule has 134 valence electrons. The third-order valence-electron chi connectivity index (χ3n) is 5.32. The van der Waals surface area contributed by atoms with E-state index in [1.54, 1.807) is 0 Å². The Balaban J connectivity index is 1.56. The van der Waals surface area contributed by atoms with Gasteiger partial charge in [0.2, 0.25) is 0 Å². The summed E-state index contributed by atoms with van der Waals surface area (Å²) in [6, 6.07) is 15.0. The number of nitrogens with one attached hydrogen (secondary N) is 1. The van der Waals surface area contributed by atoms with E-state index in [-0.39, 0.29) is 6.04 Å². The molecule has 1 aliphatic rings. The van der Waals surface area contributed by atoms with Gasteiger partial charge in [-0.3, -0.25) is 4.98 Å². The lowest BCUT2D eigenvalue weighted by Crippen LogP contribution is -2.20. The second kappa shape index (κ2) is 7.04. The quantitative estimate of drug-likeness (QED) is 0.752. The highest BCUT2D eigenvalue weighted by atomic mass is 15.3. The van der Waals surface area contributed by atoms with E-state index in [2.05, 4.69) is 71.3 Å². The Hall–Kier alpha value is -2.46. The van der Waals surface area contributed by atoms with Crippen molar-refractivity contribution in [2.24, 2.45) is 0 Å². The van der Waals surface area contributed by atoms with Crippen molar-refractivity contribution in [3.8, 4) is 5.69 Å². The van der Waals surface area contributed by atoms with Crippen molar-refractivity contribution < 1.29 is 0 Å². The third kappa shape index (κ3) is 3.17. The average Bonchev–Trinajstić information content (AvgIpc) is 3.23. The Bertz CT molecular complexity index is 911. The molecule has 0 bridgehead atoms. The van der Waals surface area contributed by atoms with Crippen molar-refractivity contribution in [2.75, 3.05) is 0 Å². The maximum Gasteiger partial charge on any atom is 0.0801 e. The molecule has 0 saturated carbocycles. The van der Waals surface area contributed by atoms with Crippen LogP contribution in [0.4, 0.5) is 0 Å². The Labute approximate surface area is 155 Å². The van der Waals surface area contributed by atoms with Crippen LogP contribution in [-0.2, 0) is 19.4 Å². The number of pyridine rings is 1. The molecule has 0 saturated heterocycles. The average molecular weight is 346 g/mol. The van der Waals surface area contributed by atoms with Crippen LogP contribution in [-0.4, -0.2) is 14.8 Å². The van der Waals surface area contributed by atoms with Gasteiger partial charge in [-0.1, -0.05) is 24.3 Å². The van der Waals surface area contributed by atoms with Crippen molar-refractivity contribution in [1.82, 2.24) is 20.1 Å². The number of hydrogen-bond donors (Lipinski definition) is 1. The van der Waals surface area contributed by atoms with Crippen LogP contribution in [0.3, 0.4) is 0 Å². The number of benzene rings is 1. The molecule has 4 rings (SSSR count). The normalized spacial score (nSPS) is 14.4. The number of fused-ring (bicyclic) bond motifs is 1. The van der Waals surface area contributed by atoms with Crippen molar-refractivity contribution in [1.29, 1.82) is 0 Å². The molecular weight excluding hydrogens is 320 g/mol. The third-order valence-corrected chi connectivity index (χ3v) is 5.32. The molecule has 0 spiro atoms. The molecule has 1 aromatic carbocycles. The van der Waals surface area contributed by atoms with E-state index in [1.165, 1.54) is 28.9 Å². The van der Waals surface area contributed by atoms with E-state index >= 15 is 0 Å². The van der Waals surface area contributed by atoms with Gasteiger partial charge in [0, 0.05) is 29.7 Å². The molecule has 0 radical (unpaired) electrons. The van der Waals surface area contributed by atoms with Gasteiger partial charge in [0.05, 0.1) is 11.4 Å². The summed E-state index contributed by atoms with van der Waals surface area (Å²) in [7, 11) is 0. The second-order valence-electron chi connectivity index (χ2n) is 7.20. The topological polar surface area (TPSA) is 42.7 Å². The minimum absolute atomic E-state index is 0.252. The van der Waals surface area contributed by atoms with Gasteiger partial charge < -0.3 is 5.32 Å². The lowest BCUT2D eigenvalue weighted by Gasteiger charge is -2.16. The summed E-state index contributed by atoms with van der Waals surface area (Å²) in [6.45, 7) is 7.11. The predicted molar refractivity (Wildman–Crippen MR) is 105 cm³/mol. The lowest BCUT2D eigenvalue weighted by molar-refractivity contribution is 0.557. The van der Waals surface area contributed by atoms with Crippen LogP contribution in [0.1, 0.15) is 53.3 Å². The SMILES string of the molecule is Cc1ccc(C(C)NCc2nn(-c3ccccc3)c3c2CCC3)c(C)n1. The van der Waals surface area contributed by atoms with Crippen molar-refractivity contribution in [2.45, 2.75) is 52.6 Å². The van der Waals surface area contributed by atoms with E-state index in [0.29, 0.717) is 0 Å². The summed E-state index contributed by atoms with van der Waals surface area (Å²) < 4.78 is 2.14. The molecular formula is C22H26N4. The van der Waals surface area contributed by atoms with E-state index in [9.17, 15) is 0 Å². The number of aromatic nitrogens is 3. The zero-order valence-electron chi connectivity index (χ0n) is 15.8. The smallest absolute Gasteiger partial charge is 0.0801 e. The van der Waals surface area contributed by atoms with Crippen molar-refractivity contribution in [3.05, 3.63) is 76.4 Å². The van der Waals surface area contributed by atoms with Crippen molar-refractivity contribution in [3.63, 3.8) is 0 Å². The fraction of sp³-hybridized carbons (Fsp3) is 0.364. The van der Waals surface area contributed by atoms with E-state index in [0.717, 1.165) is 36.5 Å². The van der Waals surface area contributed by atoms with Crippen LogP contribution in [0.25, 0.3) is 5.69 Å². The predicted octanol–water partition coefficient (Wildman–Crippen LogP) is 4.22. The van der Waals surface area contributed by atoms with Crippen LogP contribution in [0.5, 0.6) is 0 Å². The summed E-state index contributed by atoms with van der Waals surface area (Å²) in [6.07, 6.45) is 3.48. The first-order chi connectivity index (χ1) is 12.6. The minimum Gasteiger partial charge on any atom is -0.304 e. The van der Waals surface area contributed by atoms with Gasteiger partial charge >= 0.3 is 0 Å². The number of rotatable bonds is 5. The monoisotopic (exact) mass is 346 g/mol. The number of nitrogens with zero attached hydrogens (tertiary/aromatic N) is 3. The lowest BCUT2D eigenvalue weighted by atomic mass is 10.1. The standard InChI is InChI=1S/C22H26N4/c1-15-12-13-19(17(3)24-15)16(2)23-14-21-20-10-7-11-22(20)26(25-21)18-8-5-4-6-9-18/h4-6,8-9,12-13,16,23H,7,10-11,14H2,1-3H3. The summed E-state index contributed by atoms with van der Waals surface area (Å²) in [5.41, 5.74) is 8.59. The summed E-state index contributed by atoms with van der Waals surface area (Å²) in [4.78, 5) is 4.59. The molecule has 3 aromatic rings. The fourth-order valence-corrected chi connectivity index (χ4v) is 3.95. The van der Waals surface area contributed by atoms with Gasteiger partial charge in [-0.05, 0) is 69.4 Å². The zero-order valence-corrected chi connectivity index (χ0v) is 15.8. The number of para-hydroxylation sites is 1. The van der Waals surface area contributed by atoms with E-state index in [1.807, 2.05) is 6.92 Å². The molecule has 2 aromatic heterocycles. The molecule has 4 heteroatoms. The van der Waals surface area contributed by atoms with Gasteiger partial charge in [-0.15, -0.1) is 0 Å². The Kier molecular flexibility index (Phi) is 4.60. The summed E-state index contributed by atoms with van der Waals surface area (Å²) in [5.74, 6) is 0. The van der Waals surface area contributed by atoms with Crippen LogP contribution >= 0.6 is 0 Å². The van der Waals surface area contributed by atoms with Crippen LogP contribution in [0, 0.1) is 13.8 Å². The zero-order chi connectivity index (χ0) is 18.1. The molecule has 0 fully saturated rings. The largest absolute Gasteiger partial charge is 0.304 e. The van der Waals surface area contributed by atoms with Gasteiger partial charge in [0.15, 0.2) is 0 Å². The highest BCUT2D eigenvalue weighted by molar-refractivity contribution is 5.40. The molecule has 4 nitrogen and oxygen atoms in total. The second-order valence-corrected chi connectivity index (χ2v) is 7.20. The highest BCUT2D eigenvalue weighted by Crippen LogP contribution is 2.28. The molecule has 1 N–H and O–H groups in total. The molecule has 1 unspecified atom stereocenters. The van der Waals surface area contributed by atoms with Gasteiger partial charge in [-0.2, -0.15) is 5.10 Å². The molecule has 0 aliphatic heterocycles. The highest BCUT2D eigenvalue weighted by Gasteiger charge is 2.23. The van der Waals surface area contributed by atoms with Crippen LogP contribution in [0.15, 0.2) is 42.5 Å².